The second-order valence-electron chi connectivity index (χ2n) is 16.5. The third-order valence-corrected chi connectivity index (χ3v) is 14.0. The summed E-state index contributed by atoms with van der Waals surface area (Å²) in [7, 11) is 0. The maximum Gasteiger partial charge on any atom is 0.160 e. The van der Waals surface area contributed by atoms with Crippen molar-refractivity contribution in [2.45, 2.75) is 13.3 Å². The van der Waals surface area contributed by atoms with E-state index in [4.69, 9.17) is 14.4 Å². The number of aromatic nitrogens is 1. The predicted molar refractivity (Wildman–Crippen MR) is 264 cm³/mol. The van der Waals surface area contributed by atoms with E-state index in [9.17, 15) is 0 Å². The van der Waals surface area contributed by atoms with Gasteiger partial charge < -0.3 is 8.98 Å². The summed E-state index contributed by atoms with van der Waals surface area (Å²) in [5.41, 5.74) is 10.0. The van der Waals surface area contributed by atoms with Gasteiger partial charge in [-0.1, -0.05) is 146 Å². The van der Waals surface area contributed by atoms with Crippen LogP contribution in [0.4, 0.5) is 0 Å². The molecule has 0 radical (unpaired) electrons. The van der Waals surface area contributed by atoms with E-state index >= 15 is 0 Å². The van der Waals surface area contributed by atoms with E-state index in [1.165, 1.54) is 41.7 Å². The average Bonchev–Trinajstić information content (AvgIpc) is 3.98. The highest BCUT2D eigenvalue weighted by molar-refractivity contribution is 7.25. The first-order valence-electron chi connectivity index (χ1n) is 21.3. The third-order valence-electron chi connectivity index (χ3n) is 12.8. The summed E-state index contributed by atoms with van der Waals surface area (Å²) in [5, 5.41) is 11.9. The Morgan fingerprint density at radius 3 is 2.10 bits per heavy atom. The van der Waals surface area contributed by atoms with Gasteiger partial charge in [0.05, 0.1) is 28.1 Å². The highest BCUT2D eigenvalue weighted by Gasteiger charge is 2.24. The summed E-state index contributed by atoms with van der Waals surface area (Å²) < 4.78 is 11.7. The number of para-hydroxylation sites is 2. The molecule has 0 amide bonds. The SMILES string of the molecule is CC1C/C=C(c2cc3oc4ccccc4c3cc2-n2c3ccccc3c3cc4ccccc4cc32)/N=C(c2cccc3ccccc23)\N=C/1c1ccc2c(c1)sc1ccccc12. The van der Waals surface area contributed by atoms with E-state index in [2.05, 4.69) is 193 Å². The van der Waals surface area contributed by atoms with E-state index in [1.807, 2.05) is 17.4 Å². The molecule has 4 nitrogen and oxygen atoms in total. The van der Waals surface area contributed by atoms with Crippen molar-refractivity contribution >= 4 is 114 Å². The first-order valence-corrected chi connectivity index (χ1v) is 22.1. The quantitative estimate of drug-likeness (QED) is 0.175. The summed E-state index contributed by atoms with van der Waals surface area (Å²) in [6.07, 6.45) is 3.08. The van der Waals surface area contributed by atoms with Gasteiger partial charge in [-0.25, -0.2) is 9.98 Å². The largest absolute Gasteiger partial charge is 0.456 e. The molecule has 9 aromatic carbocycles. The number of aliphatic imine (C=N–C) groups is 2. The van der Waals surface area contributed by atoms with Gasteiger partial charge in [-0.05, 0) is 82.1 Å². The van der Waals surface area contributed by atoms with Crippen LogP contribution >= 0.6 is 11.3 Å². The van der Waals surface area contributed by atoms with E-state index in [-0.39, 0.29) is 5.92 Å². The van der Waals surface area contributed by atoms with Crippen LogP contribution in [0.5, 0.6) is 0 Å². The lowest BCUT2D eigenvalue weighted by molar-refractivity contribution is 0.668. The van der Waals surface area contributed by atoms with Gasteiger partial charge in [-0.15, -0.1) is 11.3 Å². The van der Waals surface area contributed by atoms with Crippen molar-refractivity contribution in [3.8, 4) is 5.69 Å². The molecule has 1 atom stereocenters. The molecule has 62 heavy (non-hydrogen) atoms. The Morgan fingerprint density at radius 1 is 0.500 bits per heavy atom. The standard InChI is InChI=1S/C57H37N3OS/c1-34-25-28-48(58-57(44-21-12-16-35-13-4-5-17-39(35)44)59-56(34)38-26-27-43-42-20-8-11-24-54(42)62-55(43)31-38)47-33-53-46(41-19-7-10-23-52(41)61-53)32-51(47)60-49-22-9-6-18-40(49)45-29-36-14-2-3-15-37(36)30-50(45)60/h2-24,26-34H,25H2,1H3/b48-28+,58-57-,59-56+. The van der Waals surface area contributed by atoms with Crippen LogP contribution in [0.1, 0.15) is 30.0 Å². The van der Waals surface area contributed by atoms with E-state index in [0.29, 0.717) is 5.84 Å². The number of nitrogens with zero attached hydrogens (tertiary/aromatic N) is 3. The first-order chi connectivity index (χ1) is 30.6. The summed E-state index contributed by atoms with van der Waals surface area (Å²) >= 11 is 1.84. The van der Waals surface area contributed by atoms with Crippen LogP contribution in [0.15, 0.2) is 202 Å². The maximum absolute atomic E-state index is 6.66. The van der Waals surface area contributed by atoms with Crippen LogP contribution in [-0.2, 0) is 0 Å². The van der Waals surface area contributed by atoms with Gasteiger partial charge in [-0.3, -0.25) is 0 Å². The van der Waals surface area contributed by atoms with Crippen molar-refractivity contribution < 1.29 is 4.42 Å². The molecule has 4 heterocycles. The molecular weight excluding hydrogens is 775 g/mol. The van der Waals surface area contributed by atoms with Gasteiger partial charge in [0.1, 0.15) is 11.2 Å². The van der Waals surface area contributed by atoms with Crippen LogP contribution in [0, 0.1) is 5.92 Å². The lowest BCUT2D eigenvalue weighted by Gasteiger charge is -2.20. The molecule has 5 heteroatoms. The highest BCUT2D eigenvalue weighted by Crippen LogP contribution is 2.42. The minimum absolute atomic E-state index is 0.0929. The topological polar surface area (TPSA) is 42.8 Å². The minimum atomic E-state index is 0.0929. The second-order valence-corrected chi connectivity index (χ2v) is 17.6. The van der Waals surface area contributed by atoms with Gasteiger partial charge in [0, 0.05) is 58.8 Å². The molecule has 13 rings (SSSR count). The van der Waals surface area contributed by atoms with Crippen molar-refractivity contribution in [3.05, 3.63) is 205 Å². The molecule has 0 saturated heterocycles. The van der Waals surface area contributed by atoms with Crippen molar-refractivity contribution in [2.24, 2.45) is 15.9 Å². The molecule has 0 spiro atoms. The molecule has 1 aliphatic heterocycles. The zero-order valence-electron chi connectivity index (χ0n) is 33.8. The Bertz CT molecular complexity index is 3930. The molecule has 1 unspecified atom stereocenters. The van der Waals surface area contributed by atoms with Crippen LogP contribution in [0.25, 0.3) is 96.8 Å². The maximum atomic E-state index is 6.66. The van der Waals surface area contributed by atoms with E-state index < -0.39 is 0 Å². The third kappa shape index (κ3) is 5.45. The molecule has 0 saturated carbocycles. The zero-order valence-corrected chi connectivity index (χ0v) is 34.7. The van der Waals surface area contributed by atoms with E-state index in [0.717, 1.165) is 84.0 Å². The fraction of sp³-hybridized carbons (Fsp3) is 0.0526. The molecular formula is C57H37N3OS. The summed E-state index contributed by atoms with van der Waals surface area (Å²) in [6.45, 7) is 2.30. The first kappa shape index (κ1) is 35.2. The van der Waals surface area contributed by atoms with Gasteiger partial charge in [0.2, 0.25) is 0 Å². The monoisotopic (exact) mass is 811 g/mol. The van der Waals surface area contributed by atoms with Crippen molar-refractivity contribution in [3.63, 3.8) is 0 Å². The molecule has 0 fully saturated rings. The number of amidine groups is 1. The Labute approximate surface area is 361 Å². The molecule has 0 N–H and O–H groups in total. The van der Waals surface area contributed by atoms with Crippen molar-refractivity contribution in [1.29, 1.82) is 0 Å². The van der Waals surface area contributed by atoms with Crippen LogP contribution in [-0.4, -0.2) is 16.1 Å². The predicted octanol–water partition coefficient (Wildman–Crippen LogP) is 15.7. The van der Waals surface area contributed by atoms with Gasteiger partial charge in [-0.2, -0.15) is 0 Å². The Kier molecular flexibility index (Phi) is 7.78. The molecule has 1 aliphatic rings. The summed E-state index contributed by atoms with van der Waals surface area (Å²) in [6, 6.07) is 65.5. The smallest absolute Gasteiger partial charge is 0.160 e. The molecule has 3 aromatic heterocycles. The Balaban J connectivity index is 1.10. The van der Waals surface area contributed by atoms with Crippen LogP contribution in [0.3, 0.4) is 0 Å². The summed E-state index contributed by atoms with van der Waals surface area (Å²) in [4.78, 5) is 11.4. The normalized spacial score (nSPS) is 17.4. The van der Waals surface area contributed by atoms with E-state index in [1.54, 1.807) is 0 Å². The molecule has 0 bridgehead atoms. The Hall–Kier alpha value is -7.60. The summed E-state index contributed by atoms with van der Waals surface area (Å²) in [5.74, 6) is 0.783. The fourth-order valence-corrected chi connectivity index (χ4v) is 11.0. The number of rotatable bonds is 4. The molecule has 292 valence electrons. The number of furan rings is 1. The van der Waals surface area contributed by atoms with Gasteiger partial charge in [0.25, 0.3) is 0 Å². The molecule has 0 aliphatic carbocycles. The fourth-order valence-electron chi connectivity index (χ4n) is 9.82. The number of fused-ring (bicyclic) bond motifs is 11. The lowest BCUT2D eigenvalue weighted by atomic mass is 9.92. The lowest BCUT2D eigenvalue weighted by Crippen LogP contribution is -2.17. The number of benzene rings is 9. The number of hydrogen-bond acceptors (Lipinski definition) is 4. The van der Waals surface area contributed by atoms with Gasteiger partial charge >= 0.3 is 0 Å². The minimum Gasteiger partial charge on any atom is -0.456 e. The van der Waals surface area contributed by atoms with Crippen LogP contribution in [0.2, 0.25) is 0 Å². The van der Waals surface area contributed by atoms with Crippen molar-refractivity contribution in [2.75, 3.05) is 0 Å². The molecule has 12 aromatic rings. The Morgan fingerprint density at radius 2 is 1.21 bits per heavy atom. The number of hydrogen-bond donors (Lipinski definition) is 0. The van der Waals surface area contributed by atoms with Crippen LogP contribution < -0.4 is 0 Å². The average molecular weight is 812 g/mol. The zero-order chi connectivity index (χ0) is 40.9. The highest BCUT2D eigenvalue weighted by atomic mass is 32.1. The van der Waals surface area contributed by atoms with Crippen molar-refractivity contribution in [1.82, 2.24) is 4.57 Å². The number of allylic oxidation sites excluding steroid dienone is 1. The van der Waals surface area contributed by atoms with Gasteiger partial charge in [0.15, 0.2) is 5.84 Å². The second kappa shape index (κ2) is 13.7. The number of thiophene rings is 1.